The highest BCUT2D eigenvalue weighted by molar-refractivity contribution is 7.08. The van der Waals surface area contributed by atoms with Crippen LogP contribution in [0.2, 0.25) is 0 Å². The van der Waals surface area contributed by atoms with E-state index in [4.69, 9.17) is 4.42 Å². The highest BCUT2D eigenvalue weighted by atomic mass is 32.1. The van der Waals surface area contributed by atoms with E-state index < -0.39 is 6.55 Å². The number of halogens is 2. The second kappa shape index (κ2) is 7.97. The summed E-state index contributed by atoms with van der Waals surface area (Å²) in [4.78, 5) is 15.7. The van der Waals surface area contributed by atoms with Gasteiger partial charge in [0.05, 0.1) is 0 Å². The number of rotatable bonds is 8. The SMILES string of the molecule is O=C(CCc1nnc(-c2ccsc2)o1)NCCc1nccn1C(F)F. The number of thiophene rings is 1. The summed E-state index contributed by atoms with van der Waals surface area (Å²) in [6.07, 6.45) is 3.24. The smallest absolute Gasteiger partial charge is 0.319 e. The second-order valence-electron chi connectivity index (χ2n) is 5.14. The molecule has 0 aromatic carbocycles. The van der Waals surface area contributed by atoms with Crippen LogP contribution in [0.1, 0.15) is 24.7 Å². The fraction of sp³-hybridized carbons (Fsp3) is 0.333. The summed E-state index contributed by atoms with van der Waals surface area (Å²) in [5, 5.41) is 14.3. The van der Waals surface area contributed by atoms with E-state index in [1.807, 2.05) is 16.8 Å². The molecule has 0 spiro atoms. The van der Waals surface area contributed by atoms with E-state index in [9.17, 15) is 13.6 Å². The third-order valence-corrected chi connectivity index (χ3v) is 4.11. The van der Waals surface area contributed by atoms with Gasteiger partial charge < -0.3 is 9.73 Å². The lowest BCUT2D eigenvalue weighted by molar-refractivity contribution is -0.121. The van der Waals surface area contributed by atoms with Gasteiger partial charge in [0.15, 0.2) is 0 Å². The zero-order valence-electron chi connectivity index (χ0n) is 13.1. The first-order valence-electron chi connectivity index (χ1n) is 7.55. The summed E-state index contributed by atoms with van der Waals surface area (Å²) in [5.74, 6) is 0.818. The second-order valence-corrected chi connectivity index (χ2v) is 5.92. The monoisotopic (exact) mass is 367 g/mol. The van der Waals surface area contributed by atoms with Crippen LogP contribution < -0.4 is 5.32 Å². The number of alkyl halides is 2. The van der Waals surface area contributed by atoms with Gasteiger partial charge >= 0.3 is 6.55 Å². The van der Waals surface area contributed by atoms with E-state index in [1.165, 1.54) is 23.7 Å². The summed E-state index contributed by atoms with van der Waals surface area (Å²) in [6.45, 7) is -2.41. The molecule has 1 N–H and O–H groups in total. The first-order valence-corrected chi connectivity index (χ1v) is 8.49. The Morgan fingerprint density at radius 3 is 3.00 bits per heavy atom. The van der Waals surface area contributed by atoms with Crippen LogP contribution in [0.25, 0.3) is 11.5 Å². The van der Waals surface area contributed by atoms with Crippen LogP contribution >= 0.6 is 11.3 Å². The molecule has 0 saturated heterocycles. The van der Waals surface area contributed by atoms with Crippen LogP contribution in [0.15, 0.2) is 33.6 Å². The maximum atomic E-state index is 12.7. The quantitative estimate of drug-likeness (QED) is 0.662. The molecule has 0 aliphatic heterocycles. The molecule has 3 rings (SSSR count). The molecule has 0 aliphatic carbocycles. The number of aromatic nitrogens is 4. The predicted molar refractivity (Wildman–Crippen MR) is 86.1 cm³/mol. The lowest BCUT2D eigenvalue weighted by atomic mass is 10.3. The molecule has 0 atom stereocenters. The number of nitrogens with one attached hydrogen (secondary N) is 1. The number of aryl methyl sites for hydroxylation is 1. The molecule has 3 aromatic heterocycles. The van der Waals surface area contributed by atoms with Crippen LogP contribution in [0.4, 0.5) is 8.78 Å². The van der Waals surface area contributed by atoms with Crippen molar-refractivity contribution in [3.05, 3.63) is 40.9 Å². The van der Waals surface area contributed by atoms with Gasteiger partial charge in [-0.25, -0.2) is 4.98 Å². The fourth-order valence-electron chi connectivity index (χ4n) is 2.20. The van der Waals surface area contributed by atoms with E-state index in [1.54, 1.807) is 0 Å². The predicted octanol–water partition coefficient (Wildman–Crippen LogP) is 2.68. The van der Waals surface area contributed by atoms with E-state index >= 15 is 0 Å². The van der Waals surface area contributed by atoms with Gasteiger partial charge in [-0.2, -0.15) is 20.1 Å². The fourth-order valence-corrected chi connectivity index (χ4v) is 2.83. The van der Waals surface area contributed by atoms with Crippen LogP contribution in [0, 0.1) is 0 Å². The number of carbonyl (C=O) groups excluding carboxylic acids is 1. The average Bonchev–Trinajstić information content (AvgIpc) is 3.32. The molecule has 0 radical (unpaired) electrons. The first-order chi connectivity index (χ1) is 12.1. The molecule has 0 saturated carbocycles. The summed E-state index contributed by atoms with van der Waals surface area (Å²) >= 11 is 1.53. The molecule has 1 amide bonds. The third kappa shape index (κ3) is 4.47. The van der Waals surface area contributed by atoms with Crippen LogP contribution in [-0.4, -0.2) is 32.2 Å². The maximum Gasteiger partial charge on any atom is 0.319 e. The van der Waals surface area contributed by atoms with Crippen molar-refractivity contribution in [2.45, 2.75) is 25.8 Å². The Balaban J connectivity index is 1.42. The minimum absolute atomic E-state index is 0.175. The largest absolute Gasteiger partial charge is 0.421 e. The molecule has 25 heavy (non-hydrogen) atoms. The van der Waals surface area contributed by atoms with Crippen molar-refractivity contribution in [3.63, 3.8) is 0 Å². The van der Waals surface area contributed by atoms with Crippen molar-refractivity contribution in [2.24, 2.45) is 0 Å². The minimum atomic E-state index is -2.64. The molecular formula is C15H15F2N5O2S. The Bertz CT molecular complexity index is 816. The third-order valence-electron chi connectivity index (χ3n) is 3.43. The highest BCUT2D eigenvalue weighted by Gasteiger charge is 2.13. The Morgan fingerprint density at radius 1 is 1.36 bits per heavy atom. The highest BCUT2D eigenvalue weighted by Crippen LogP contribution is 2.20. The standard InChI is InChI=1S/C15H15F2N5O2S/c16-15(17)22-7-6-18-11(22)3-5-19-12(23)1-2-13-20-21-14(24-13)10-4-8-25-9-10/h4,6-9,15H,1-3,5H2,(H,19,23). The summed E-state index contributed by atoms with van der Waals surface area (Å²) in [5.41, 5.74) is 0.850. The molecule has 10 heteroatoms. The average molecular weight is 367 g/mol. The Kier molecular flexibility index (Phi) is 5.49. The Labute approximate surface area is 145 Å². The lowest BCUT2D eigenvalue weighted by Gasteiger charge is -2.07. The first kappa shape index (κ1) is 17.2. The normalized spacial score (nSPS) is 11.2. The van der Waals surface area contributed by atoms with Crippen molar-refractivity contribution < 1.29 is 18.0 Å². The number of amides is 1. The van der Waals surface area contributed by atoms with Gasteiger partial charge in [0, 0.05) is 49.1 Å². The summed E-state index contributed by atoms with van der Waals surface area (Å²) in [6, 6.07) is 1.87. The molecule has 0 aliphatic rings. The van der Waals surface area contributed by atoms with Gasteiger partial charge in [-0.3, -0.25) is 9.36 Å². The van der Waals surface area contributed by atoms with Gasteiger partial charge in [0.25, 0.3) is 0 Å². The van der Waals surface area contributed by atoms with Gasteiger partial charge in [-0.1, -0.05) is 0 Å². The Hall–Kier alpha value is -2.62. The minimum Gasteiger partial charge on any atom is -0.421 e. The van der Waals surface area contributed by atoms with Crippen molar-refractivity contribution >= 4 is 17.2 Å². The molecule has 0 unspecified atom stereocenters. The topological polar surface area (TPSA) is 85.8 Å². The molecule has 0 bridgehead atoms. The van der Waals surface area contributed by atoms with Crippen molar-refractivity contribution in [1.82, 2.24) is 25.1 Å². The zero-order chi connectivity index (χ0) is 17.6. The number of hydrogen-bond acceptors (Lipinski definition) is 6. The molecule has 3 aromatic rings. The lowest BCUT2D eigenvalue weighted by Crippen LogP contribution is -2.26. The summed E-state index contributed by atoms with van der Waals surface area (Å²) in [7, 11) is 0. The van der Waals surface area contributed by atoms with Crippen LogP contribution in [0.5, 0.6) is 0 Å². The van der Waals surface area contributed by atoms with Gasteiger partial charge in [-0.15, -0.1) is 10.2 Å². The van der Waals surface area contributed by atoms with Gasteiger partial charge in [0.2, 0.25) is 17.7 Å². The van der Waals surface area contributed by atoms with Crippen LogP contribution in [-0.2, 0) is 17.6 Å². The van der Waals surface area contributed by atoms with E-state index in [0.29, 0.717) is 18.2 Å². The number of imidazole rings is 1. The van der Waals surface area contributed by atoms with Gasteiger partial charge in [-0.05, 0) is 11.4 Å². The number of nitrogens with zero attached hydrogens (tertiary/aromatic N) is 4. The van der Waals surface area contributed by atoms with Crippen molar-refractivity contribution in [1.29, 1.82) is 0 Å². The maximum absolute atomic E-state index is 12.7. The van der Waals surface area contributed by atoms with Crippen molar-refractivity contribution in [3.8, 4) is 11.5 Å². The van der Waals surface area contributed by atoms with Gasteiger partial charge in [0.1, 0.15) is 5.82 Å². The Morgan fingerprint density at radius 2 is 2.24 bits per heavy atom. The zero-order valence-corrected chi connectivity index (χ0v) is 13.9. The van der Waals surface area contributed by atoms with Crippen LogP contribution in [0.3, 0.4) is 0 Å². The van der Waals surface area contributed by atoms with E-state index in [-0.39, 0.29) is 31.1 Å². The summed E-state index contributed by atoms with van der Waals surface area (Å²) < 4.78 is 31.6. The number of carbonyl (C=O) groups is 1. The van der Waals surface area contributed by atoms with Crippen molar-refractivity contribution in [2.75, 3.05) is 6.54 Å². The molecule has 3 heterocycles. The van der Waals surface area contributed by atoms with E-state index in [0.717, 1.165) is 10.1 Å². The molecule has 0 fully saturated rings. The molecule has 7 nitrogen and oxygen atoms in total. The molecular weight excluding hydrogens is 352 g/mol. The number of hydrogen-bond donors (Lipinski definition) is 1. The van der Waals surface area contributed by atoms with E-state index in [2.05, 4.69) is 20.5 Å². The molecule has 132 valence electrons.